The van der Waals surface area contributed by atoms with Gasteiger partial charge in [0.05, 0.1) is 22.8 Å². The number of nitrogens with zero attached hydrogens (tertiary/aromatic N) is 4. The average Bonchev–Trinajstić information content (AvgIpc) is 2.98. The van der Waals surface area contributed by atoms with Gasteiger partial charge in [0.25, 0.3) is 0 Å². The Labute approximate surface area is 223 Å². The molecule has 0 saturated heterocycles. The minimum absolute atomic E-state index is 0.478. The highest BCUT2D eigenvalue weighted by molar-refractivity contribution is 9.10. The SMILES string of the molecule is Brc1cccc(-c2cc(-c3ccccc3)nc(-c3nc(-c4ccccc4)cc(-c4ccccc4)n3)n2)c1. The Morgan fingerprint density at radius 3 is 1.08 bits per heavy atom. The van der Waals surface area contributed by atoms with Crippen molar-refractivity contribution in [1.29, 1.82) is 0 Å². The molecule has 0 bridgehead atoms. The smallest absolute Gasteiger partial charge is 0.198 e. The van der Waals surface area contributed by atoms with Gasteiger partial charge in [0.1, 0.15) is 0 Å². The van der Waals surface area contributed by atoms with E-state index in [-0.39, 0.29) is 0 Å². The van der Waals surface area contributed by atoms with E-state index in [0.29, 0.717) is 11.6 Å². The lowest BCUT2D eigenvalue weighted by molar-refractivity contribution is 1.09. The summed E-state index contributed by atoms with van der Waals surface area (Å²) in [7, 11) is 0. The van der Waals surface area contributed by atoms with Crippen molar-refractivity contribution in [3.63, 3.8) is 0 Å². The van der Waals surface area contributed by atoms with Crippen LogP contribution in [0.1, 0.15) is 0 Å². The van der Waals surface area contributed by atoms with E-state index in [0.717, 1.165) is 49.5 Å². The highest BCUT2D eigenvalue weighted by Crippen LogP contribution is 2.30. The number of halogens is 1. The lowest BCUT2D eigenvalue weighted by atomic mass is 10.1. The summed E-state index contributed by atoms with van der Waals surface area (Å²) in [5.74, 6) is 0.959. The van der Waals surface area contributed by atoms with Gasteiger partial charge in [0.2, 0.25) is 0 Å². The summed E-state index contributed by atoms with van der Waals surface area (Å²) in [4.78, 5) is 19.8. The third kappa shape index (κ3) is 5.08. The molecule has 0 radical (unpaired) electrons. The van der Waals surface area contributed by atoms with Crippen LogP contribution in [0.25, 0.3) is 56.7 Å². The molecular formula is C32H21BrN4. The van der Waals surface area contributed by atoms with Crippen LogP contribution in [0.5, 0.6) is 0 Å². The molecule has 2 heterocycles. The predicted molar refractivity (Wildman–Crippen MR) is 153 cm³/mol. The van der Waals surface area contributed by atoms with E-state index in [2.05, 4.69) is 46.3 Å². The van der Waals surface area contributed by atoms with E-state index >= 15 is 0 Å². The van der Waals surface area contributed by atoms with Gasteiger partial charge in [-0.25, -0.2) is 19.9 Å². The van der Waals surface area contributed by atoms with Crippen LogP contribution in [0.3, 0.4) is 0 Å². The van der Waals surface area contributed by atoms with Gasteiger partial charge in [0, 0.05) is 26.7 Å². The van der Waals surface area contributed by atoms with Crippen LogP contribution in [0, 0.1) is 0 Å². The molecule has 5 heteroatoms. The Morgan fingerprint density at radius 1 is 0.351 bits per heavy atom. The molecule has 0 atom stereocenters. The number of rotatable bonds is 5. The molecule has 176 valence electrons. The van der Waals surface area contributed by atoms with Crippen molar-refractivity contribution in [3.8, 4) is 56.7 Å². The quantitative estimate of drug-likeness (QED) is 0.220. The van der Waals surface area contributed by atoms with Crippen molar-refractivity contribution in [3.05, 3.63) is 132 Å². The van der Waals surface area contributed by atoms with Crippen molar-refractivity contribution < 1.29 is 0 Å². The fourth-order valence-corrected chi connectivity index (χ4v) is 4.56. The molecule has 0 amide bonds. The molecule has 2 aromatic heterocycles. The van der Waals surface area contributed by atoms with Crippen LogP contribution in [-0.4, -0.2) is 19.9 Å². The number of hydrogen-bond donors (Lipinski definition) is 0. The first-order valence-electron chi connectivity index (χ1n) is 11.9. The molecule has 0 saturated carbocycles. The first-order chi connectivity index (χ1) is 18.2. The molecule has 4 aromatic carbocycles. The van der Waals surface area contributed by atoms with Crippen LogP contribution in [-0.2, 0) is 0 Å². The summed E-state index contributed by atoms with van der Waals surface area (Å²) in [6.07, 6.45) is 0. The molecule has 0 aliphatic carbocycles. The third-order valence-electron chi connectivity index (χ3n) is 5.98. The Hall–Kier alpha value is -4.48. The van der Waals surface area contributed by atoms with Crippen molar-refractivity contribution in [2.75, 3.05) is 0 Å². The highest BCUT2D eigenvalue weighted by Gasteiger charge is 2.16. The van der Waals surface area contributed by atoms with Crippen LogP contribution < -0.4 is 0 Å². The van der Waals surface area contributed by atoms with Crippen LogP contribution in [0.2, 0.25) is 0 Å². The van der Waals surface area contributed by atoms with Gasteiger partial charge >= 0.3 is 0 Å². The van der Waals surface area contributed by atoms with Gasteiger partial charge < -0.3 is 0 Å². The first kappa shape index (κ1) is 23.0. The monoisotopic (exact) mass is 540 g/mol. The van der Waals surface area contributed by atoms with E-state index in [1.807, 2.05) is 97.1 Å². The molecule has 4 nitrogen and oxygen atoms in total. The Balaban J connectivity index is 1.59. The van der Waals surface area contributed by atoms with Gasteiger partial charge in [-0.05, 0) is 24.3 Å². The zero-order valence-corrected chi connectivity index (χ0v) is 21.4. The second kappa shape index (κ2) is 10.2. The lowest BCUT2D eigenvalue weighted by Crippen LogP contribution is -2.01. The van der Waals surface area contributed by atoms with Gasteiger partial charge in [-0.3, -0.25) is 0 Å². The Bertz CT molecular complexity index is 1610. The molecule has 0 fully saturated rings. The molecule has 0 unspecified atom stereocenters. The maximum atomic E-state index is 4.95. The number of benzene rings is 4. The zero-order valence-electron chi connectivity index (χ0n) is 19.8. The summed E-state index contributed by atoms with van der Waals surface area (Å²) >= 11 is 3.59. The van der Waals surface area contributed by atoms with Crippen LogP contribution >= 0.6 is 15.9 Å². The van der Waals surface area contributed by atoms with E-state index in [9.17, 15) is 0 Å². The topological polar surface area (TPSA) is 51.6 Å². The van der Waals surface area contributed by atoms with E-state index in [1.54, 1.807) is 0 Å². The second-order valence-corrected chi connectivity index (χ2v) is 9.45. The largest absolute Gasteiger partial charge is 0.225 e. The summed E-state index contributed by atoms with van der Waals surface area (Å²) in [6, 6.07) is 42.5. The standard InChI is InChI=1S/C32H21BrN4/c33-26-18-10-17-25(19-26)30-21-29(24-15-8-3-9-16-24)36-32(37-30)31-34-27(22-11-4-1-5-12-22)20-28(35-31)23-13-6-2-7-14-23/h1-21H. The van der Waals surface area contributed by atoms with E-state index in [4.69, 9.17) is 19.9 Å². The highest BCUT2D eigenvalue weighted by atomic mass is 79.9. The van der Waals surface area contributed by atoms with Crippen molar-refractivity contribution in [1.82, 2.24) is 19.9 Å². The van der Waals surface area contributed by atoms with Gasteiger partial charge in [-0.15, -0.1) is 0 Å². The molecule has 6 aromatic rings. The van der Waals surface area contributed by atoms with Crippen molar-refractivity contribution in [2.45, 2.75) is 0 Å². The molecule has 37 heavy (non-hydrogen) atoms. The number of hydrogen-bond acceptors (Lipinski definition) is 4. The second-order valence-electron chi connectivity index (χ2n) is 8.53. The van der Waals surface area contributed by atoms with E-state index in [1.165, 1.54) is 0 Å². The lowest BCUT2D eigenvalue weighted by Gasteiger charge is -2.11. The zero-order chi connectivity index (χ0) is 25.0. The third-order valence-corrected chi connectivity index (χ3v) is 6.47. The molecule has 6 rings (SSSR count). The minimum atomic E-state index is 0.478. The minimum Gasteiger partial charge on any atom is -0.225 e. The summed E-state index contributed by atoms with van der Waals surface area (Å²) in [5.41, 5.74) is 7.27. The Kier molecular flexibility index (Phi) is 6.36. The van der Waals surface area contributed by atoms with E-state index < -0.39 is 0 Å². The molecular weight excluding hydrogens is 520 g/mol. The fraction of sp³-hybridized carbons (Fsp3) is 0. The van der Waals surface area contributed by atoms with Crippen LogP contribution in [0.4, 0.5) is 0 Å². The molecule has 0 N–H and O–H groups in total. The Morgan fingerprint density at radius 2 is 0.703 bits per heavy atom. The normalized spacial score (nSPS) is 10.8. The fourth-order valence-electron chi connectivity index (χ4n) is 4.16. The summed E-state index contributed by atoms with van der Waals surface area (Å²) in [5, 5.41) is 0. The molecule has 0 spiro atoms. The van der Waals surface area contributed by atoms with Gasteiger partial charge in [0.15, 0.2) is 11.6 Å². The average molecular weight is 541 g/mol. The molecule has 0 aliphatic heterocycles. The first-order valence-corrected chi connectivity index (χ1v) is 12.7. The van der Waals surface area contributed by atoms with Gasteiger partial charge in [-0.1, -0.05) is 119 Å². The maximum Gasteiger partial charge on any atom is 0.198 e. The summed E-state index contributed by atoms with van der Waals surface area (Å²) < 4.78 is 0.986. The predicted octanol–water partition coefficient (Wildman–Crippen LogP) is 8.36. The summed E-state index contributed by atoms with van der Waals surface area (Å²) in [6.45, 7) is 0. The van der Waals surface area contributed by atoms with Crippen molar-refractivity contribution in [2.24, 2.45) is 0 Å². The maximum absolute atomic E-state index is 4.95. The van der Waals surface area contributed by atoms with Crippen molar-refractivity contribution >= 4 is 15.9 Å². The van der Waals surface area contributed by atoms with Gasteiger partial charge in [-0.2, -0.15) is 0 Å². The van der Waals surface area contributed by atoms with Crippen LogP contribution in [0.15, 0.2) is 132 Å². The molecule has 0 aliphatic rings. The number of aromatic nitrogens is 4.